The van der Waals surface area contributed by atoms with Gasteiger partial charge in [-0.1, -0.05) is 20.8 Å². The van der Waals surface area contributed by atoms with Gasteiger partial charge in [-0.05, 0) is 36.6 Å². The summed E-state index contributed by atoms with van der Waals surface area (Å²) < 4.78 is 12.0. The van der Waals surface area contributed by atoms with Crippen molar-refractivity contribution in [3.05, 3.63) is 23.8 Å². The summed E-state index contributed by atoms with van der Waals surface area (Å²) in [6.45, 7) is 7.79. The highest BCUT2D eigenvalue weighted by Gasteiger charge is 2.18. The Morgan fingerprint density at radius 1 is 1.37 bits per heavy atom. The Labute approximate surface area is 117 Å². The first-order valence-electron chi connectivity index (χ1n) is 6.34. The minimum Gasteiger partial charge on any atom is -0.399 e. The number of amides is 1. The van der Waals surface area contributed by atoms with E-state index >= 15 is 0 Å². The van der Waals surface area contributed by atoms with Gasteiger partial charge in [-0.25, -0.2) is 0 Å². The van der Waals surface area contributed by atoms with Crippen molar-refractivity contribution in [1.82, 2.24) is 0 Å². The first-order chi connectivity index (χ1) is 8.81. The molecule has 2 unspecified atom stereocenters. The van der Waals surface area contributed by atoms with E-state index in [1.165, 1.54) is 0 Å². The molecule has 1 rings (SSSR count). The van der Waals surface area contributed by atoms with Crippen LogP contribution in [-0.4, -0.2) is 21.1 Å². The smallest absolute Gasteiger partial charge is 0.237 e. The molecule has 5 heteroatoms. The van der Waals surface area contributed by atoms with E-state index in [1.54, 1.807) is 18.2 Å². The predicted molar refractivity (Wildman–Crippen MR) is 81.5 cm³/mol. The van der Waals surface area contributed by atoms with Crippen molar-refractivity contribution in [3.63, 3.8) is 0 Å². The van der Waals surface area contributed by atoms with Crippen LogP contribution in [-0.2, 0) is 15.6 Å². The average Bonchev–Trinajstić information content (AvgIpc) is 2.31. The van der Waals surface area contributed by atoms with E-state index in [2.05, 4.69) is 5.32 Å². The molecule has 3 N–H and O–H groups in total. The molecule has 0 radical (unpaired) electrons. The summed E-state index contributed by atoms with van der Waals surface area (Å²) >= 11 is 0. The van der Waals surface area contributed by atoms with Gasteiger partial charge >= 0.3 is 0 Å². The predicted octanol–water partition coefficient (Wildman–Crippen LogP) is 2.31. The van der Waals surface area contributed by atoms with Crippen molar-refractivity contribution < 1.29 is 9.00 Å². The largest absolute Gasteiger partial charge is 0.399 e. The first-order valence-corrected chi connectivity index (χ1v) is 7.72. The fraction of sp³-hybridized carbons (Fsp3) is 0.500. The minimum atomic E-state index is -1.15. The fourth-order valence-corrected chi connectivity index (χ4v) is 2.78. The van der Waals surface area contributed by atoms with Gasteiger partial charge in [-0.3, -0.25) is 9.00 Å². The van der Waals surface area contributed by atoms with E-state index in [0.29, 0.717) is 17.3 Å². The van der Waals surface area contributed by atoms with Crippen LogP contribution < -0.4 is 11.1 Å². The second-order valence-corrected chi connectivity index (χ2v) is 6.89. The number of hydrogen-bond donors (Lipinski definition) is 2. The molecule has 4 nitrogen and oxygen atoms in total. The standard InChI is InChI=1S/C14H22N2O2S/c1-9(2)11(4)19(18)8-14(17)16-13-6-5-12(15)7-10(13)3/h5-7,9,11H,8,15H2,1-4H3,(H,16,17). The Morgan fingerprint density at radius 3 is 2.53 bits per heavy atom. The summed E-state index contributed by atoms with van der Waals surface area (Å²) in [5.41, 5.74) is 7.93. The number of aryl methyl sites for hydroxylation is 1. The van der Waals surface area contributed by atoms with E-state index < -0.39 is 10.8 Å². The van der Waals surface area contributed by atoms with Gasteiger partial charge in [0.25, 0.3) is 0 Å². The van der Waals surface area contributed by atoms with Crippen LogP contribution in [0.5, 0.6) is 0 Å². The SMILES string of the molecule is Cc1cc(N)ccc1NC(=O)CS(=O)C(C)C(C)C. The summed E-state index contributed by atoms with van der Waals surface area (Å²) in [5.74, 6) is 0.106. The van der Waals surface area contributed by atoms with Crippen LogP contribution in [0.3, 0.4) is 0 Å². The Hall–Kier alpha value is -1.36. The molecule has 1 aromatic carbocycles. The highest BCUT2D eigenvalue weighted by molar-refractivity contribution is 7.86. The van der Waals surface area contributed by atoms with Crippen molar-refractivity contribution in [2.45, 2.75) is 32.9 Å². The quantitative estimate of drug-likeness (QED) is 0.814. The maximum atomic E-state index is 12.0. The van der Waals surface area contributed by atoms with Gasteiger partial charge in [0, 0.05) is 27.4 Å². The lowest BCUT2D eigenvalue weighted by atomic mass is 10.2. The molecular formula is C14H22N2O2S. The number of rotatable bonds is 5. The highest BCUT2D eigenvalue weighted by atomic mass is 32.2. The molecular weight excluding hydrogens is 260 g/mol. The number of benzene rings is 1. The van der Waals surface area contributed by atoms with E-state index in [4.69, 9.17) is 5.73 Å². The van der Waals surface area contributed by atoms with Gasteiger partial charge in [0.15, 0.2) is 0 Å². The van der Waals surface area contributed by atoms with Crippen LogP contribution >= 0.6 is 0 Å². The third-order valence-electron chi connectivity index (χ3n) is 3.15. The Kier molecular flexibility index (Phi) is 5.54. The molecule has 0 aliphatic rings. The number of carbonyl (C=O) groups excluding carboxylic acids is 1. The monoisotopic (exact) mass is 282 g/mol. The number of hydrogen-bond acceptors (Lipinski definition) is 3. The zero-order valence-electron chi connectivity index (χ0n) is 11.9. The van der Waals surface area contributed by atoms with E-state index in [9.17, 15) is 9.00 Å². The number of nitrogens with two attached hydrogens (primary N) is 1. The molecule has 0 aliphatic carbocycles. The van der Waals surface area contributed by atoms with Crippen LogP contribution in [0.25, 0.3) is 0 Å². The molecule has 19 heavy (non-hydrogen) atoms. The van der Waals surface area contributed by atoms with E-state index in [0.717, 1.165) is 5.56 Å². The van der Waals surface area contributed by atoms with Crippen molar-refractivity contribution in [2.24, 2.45) is 5.92 Å². The highest BCUT2D eigenvalue weighted by Crippen LogP contribution is 2.17. The van der Waals surface area contributed by atoms with Crippen LogP contribution in [0.1, 0.15) is 26.3 Å². The summed E-state index contributed by atoms with van der Waals surface area (Å²) in [6, 6.07) is 5.29. The van der Waals surface area contributed by atoms with Gasteiger partial charge in [-0.2, -0.15) is 0 Å². The molecule has 1 aromatic rings. The topological polar surface area (TPSA) is 72.2 Å². The molecule has 0 saturated heterocycles. The molecule has 2 atom stereocenters. The van der Waals surface area contributed by atoms with Gasteiger partial charge < -0.3 is 11.1 Å². The lowest BCUT2D eigenvalue weighted by Crippen LogP contribution is -2.27. The molecule has 0 aromatic heterocycles. The maximum Gasteiger partial charge on any atom is 0.237 e. The second kappa shape index (κ2) is 6.70. The van der Waals surface area contributed by atoms with Gasteiger partial charge in [-0.15, -0.1) is 0 Å². The molecule has 106 valence electrons. The third-order valence-corrected chi connectivity index (χ3v) is 5.07. The van der Waals surface area contributed by atoms with Crippen LogP contribution in [0, 0.1) is 12.8 Å². The first kappa shape index (κ1) is 15.7. The molecule has 0 heterocycles. The minimum absolute atomic E-state index is 0.0123. The summed E-state index contributed by atoms with van der Waals surface area (Å²) in [5, 5.41) is 2.79. The molecule has 0 fully saturated rings. The van der Waals surface area contributed by atoms with E-state index in [1.807, 2.05) is 27.7 Å². The van der Waals surface area contributed by atoms with Crippen LogP contribution in [0.2, 0.25) is 0 Å². The molecule has 0 spiro atoms. The lowest BCUT2D eigenvalue weighted by molar-refractivity contribution is -0.113. The second-order valence-electron chi connectivity index (χ2n) is 5.10. The van der Waals surface area contributed by atoms with Gasteiger partial charge in [0.05, 0.1) is 0 Å². The van der Waals surface area contributed by atoms with Crippen LogP contribution in [0.4, 0.5) is 11.4 Å². The summed E-state index contributed by atoms with van der Waals surface area (Å²) in [7, 11) is -1.15. The zero-order valence-corrected chi connectivity index (χ0v) is 12.7. The van der Waals surface area contributed by atoms with Gasteiger partial charge in [0.1, 0.15) is 5.75 Å². The van der Waals surface area contributed by atoms with Crippen molar-refractivity contribution in [1.29, 1.82) is 0 Å². The Morgan fingerprint density at radius 2 is 2.00 bits per heavy atom. The number of anilines is 2. The lowest BCUT2D eigenvalue weighted by Gasteiger charge is -2.15. The molecule has 0 bridgehead atoms. The van der Waals surface area contributed by atoms with Crippen LogP contribution in [0.15, 0.2) is 18.2 Å². The average molecular weight is 282 g/mol. The van der Waals surface area contributed by atoms with Crippen molar-refractivity contribution >= 4 is 28.1 Å². The zero-order chi connectivity index (χ0) is 14.6. The Balaban J connectivity index is 2.63. The normalized spacial score (nSPS) is 14.2. The summed E-state index contributed by atoms with van der Waals surface area (Å²) in [6.07, 6.45) is 0. The van der Waals surface area contributed by atoms with E-state index in [-0.39, 0.29) is 16.9 Å². The third kappa shape index (κ3) is 4.67. The number of carbonyl (C=O) groups is 1. The molecule has 0 aliphatic heterocycles. The molecule has 0 saturated carbocycles. The maximum absolute atomic E-state index is 12.0. The van der Waals surface area contributed by atoms with Crippen molar-refractivity contribution in [3.8, 4) is 0 Å². The summed E-state index contributed by atoms with van der Waals surface area (Å²) in [4.78, 5) is 11.9. The Bertz CT molecular complexity index is 486. The van der Waals surface area contributed by atoms with Gasteiger partial charge in [0.2, 0.25) is 5.91 Å². The fourth-order valence-electron chi connectivity index (χ4n) is 1.58. The number of nitrogens with one attached hydrogen (secondary N) is 1. The molecule has 1 amide bonds. The number of nitrogen functional groups attached to an aromatic ring is 1. The van der Waals surface area contributed by atoms with Crippen molar-refractivity contribution in [2.75, 3.05) is 16.8 Å².